The number of hydrogen-bond donors (Lipinski definition) is 0. The molecule has 0 aromatic carbocycles. The first-order chi connectivity index (χ1) is 4.83. The highest BCUT2D eigenvalue weighted by Crippen LogP contribution is 2.22. The van der Waals surface area contributed by atoms with Gasteiger partial charge in [0.2, 0.25) is 0 Å². The molecule has 0 aliphatic heterocycles. The van der Waals surface area contributed by atoms with Crippen molar-refractivity contribution in [3.63, 3.8) is 0 Å². The highest BCUT2D eigenvalue weighted by molar-refractivity contribution is 8.01. The van der Waals surface area contributed by atoms with Gasteiger partial charge in [-0.05, 0) is 6.92 Å². The molecule has 0 saturated carbocycles. The number of nitrogens with zero attached hydrogens (tertiary/aromatic N) is 2. The minimum atomic E-state index is 0.188. The van der Waals surface area contributed by atoms with Gasteiger partial charge in [0.25, 0.3) is 0 Å². The average Bonchev–Trinajstić information content (AvgIpc) is 2.40. The molecule has 0 radical (unpaired) electrons. The van der Waals surface area contributed by atoms with Gasteiger partial charge in [0.05, 0.1) is 5.25 Å². The molecule has 0 aliphatic carbocycles. The van der Waals surface area contributed by atoms with Gasteiger partial charge in [0, 0.05) is 0 Å². The van der Waals surface area contributed by atoms with E-state index in [4.69, 9.17) is 6.42 Å². The van der Waals surface area contributed by atoms with Crippen LogP contribution in [-0.2, 0) is 0 Å². The third-order valence-corrected chi connectivity index (χ3v) is 2.69. The van der Waals surface area contributed by atoms with Crippen molar-refractivity contribution in [3.8, 4) is 12.3 Å². The van der Waals surface area contributed by atoms with Crippen LogP contribution in [0.4, 0.5) is 0 Å². The van der Waals surface area contributed by atoms with E-state index in [1.807, 2.05) is 6.92 Å². The van der Waals surface area contributed by atoms with E-state index in [1.165, 1.54) is 11.3 Å². The summed E-state index contributed by atoms with van der Waals surface area (Å²) in [6.45, 7) is 1.96. The van der Waals surface area contributed by atoms with Crippen LogP contribution in [0.1, 0.15) is 6.92 Å². The standard InChI is InChI=1S/C6H6N2S2/c1-3-5(2)10-6-8-7-4-9-6/h1,4-5H,2H3. The molecule has 10 heavy (non-hydrogen) atoms. The third kappa shape index (κ3) is 2.01. The van der Waals surface area contributed by atoms with Gasteiger partial charge in [-0.25, -0.2) is 0 Å². The Hall–Kier alpha value is -0.530. The monoisotopic (exact) mass is 170 g/mol. The van der Waals surface area contributed by atoms with Gasteiger partial charge in [0.1, 0.15) is 5.51 Å². The summed E-state index contributed by atoms with van der Waals surface area (Å²) in [5.41, 5.74) is 1.70. The molecule has 0 saturated heterocycles. The lowest BCUT2D eigenvalue weighted by atomic mass is 10.5. The van der Waals surface area contributed by atoms with E-state index < -0.39 is 0 Å². The van der Waals surface area contributed by atoms with Crippen molar-refractivity contribution >= 4 is 23.1 Å². The zero-order chi connectivity index (χ0) is 7.40. The zero-order valence-electron chi connectivity index (χ0n) is 5.44. The molecule has 1 aromatic rings. The van der Waals surface area contributed by atoms with E-state index in [0.717, 1.165) is 4.34 Å². The molecule has 1 aromatic heterocycles. The van der Waals surface area contributed by atoms with Gasteiger partial charge in [0.15, 0.2) is 4.34 Å². The van der Waals surface area contributed by atoms with E-state index in [1.54, 1.807) is 17.3 Å². The number of hydrogen-bond acceptors (Lipinski definition) is 4. The van der Waals surface area contributed by atoms with Crippen LogP contribution in [0, 0.1) is 12.3 Å². The highest BCUT2D eigenvalue weighted by Gasteiger charge is 2.01. The lowest BCUT2D eigenvalue weighted by Crippen LogP contribution is -1.88. The molecular formula is C6H6N2S2. The van der Waals surface area contributed by atoms with Crippen molar-refractivity contribution in [2.75, 3.05) is 0 Å². The van der Waals surface area contributed by atoms with Crippen molar-refractivity contribution in [2.45, 2.75) is 16.5 Å². The molecule has 1 rings (SSSR count). The fraction of sp³-hybridized carbons (Fsp3) is 0.333. The van der Waals surface area contributed by atoms with E-state index in [-0.39, 0.29) is 5.25 Å². The minimum Gasteiger partial charge on any atom is -0.146 e. The van der Waals surface area contributed by atoms with Crippen LogP contribution in [0.2, 0.25) is 0 Å². The normalized spacial score (nSPS) is 12.4. The zero-order valence-corrected chi connectivity index (χ0v) is 7.08. The summed E-state index contributed by atoms with van der Waals surface area (Å²) in [6, 6.07) is 0. The number of aromatic nitrogens is 2. The number of thioether (sulfide) groups is 1. The second kappa shape index (κ2) is 3.59. The Bertz CT molecular complexity index is 224. The molecule has 0 fully saturated rings. The molecule has 1 unspecified atom stereocenters. The number of terminal acetylenes is 1. The Kier molecular flexibility index (Phi) is 2.72. The van der Waals surface area contributed by atoms with Crippen molar-refractivity contribution in [1.82, 2.24) is 10.2 Å². The summed E-state index contributed by atoms with van der Waals surface area (Å²) in [7, 11) is 0. The van der Waals surface area contributed by atoms with Crippen LogP contribution < -0.4 is 0 Å². The van der Waals surface area contributed by atoms with Gasteiger partial charge in [-0.2, -0.15) is 0 Å². The van der Waals surface area contributed by atoms with Crippen LogP contribution >= 0.6 is 23.1 Å². The largest absolute Gasteiger partial charge is 0.175 e. The minimum absolute atomic E-state index is 0.188. The van der Waals surface area contributed by atoms with Gasteiger partial charge >= 0.3 is 0 Å². The van der Waals surface area contributed by atoms with E-state index >= 15 is 0 Å². The lowest BCUT2D eigenvalue weighted by molar-refractivity contribution is 1.01. The number of rotatable bonds is 2. The fourth-order valence-corrected chi connectivity index (χ4v) is 1.93. The maximum Gasteiger partial charge on any atom is 0.175 e. The molecule has 4 heteroatoms. The van der Waals surface area contributed by atoms with Crippen molar-refractivity contribution < 1.29 is 0 Å². The second-order valence-corrected chi connectivity index (χ2v) is 4.05. The van der Waals surface area contributed by atoms with Crippen molar-refractivity contribution in [2.24, 2.45) is 0 Å². The topological polar surface area (TPSA) is 25.8 Å². The van der Waals surface area contributed by atoms with E-state index in [0.29, 0.717) is 0 Å². The van der Waals surface area contributed by atoms with Gasteiger partial charge in [-0.15, -0.1) is 16.6 Å². The predicted octanol–water partition coefficient (Wildman–Crippen LogP) is 1.65. The maximum absolute atomic E-state index is 5.17. The lowest BCUT2D eigenvalue weighted by Gasteiger charge is -1.95. The smallest absolute Gasteiger partial charge is 0.146 e. The molecule has 1 atom stereocenters. The fourth-order valence-electron chi connectivity index (χ4n) is 0.400. The SMILES string of the molecule is C#CC(C)Sc1nncs1. The van der Waals surface area contributed by atoms with Gasteiger partial charge < -0.3 is 0 Å². The highest BCUT2D eigenvalue weighted by atomic mass is 32.2. The third-order valence-electron chi connectivity index (χ3n) is 0.852. The molecule has 0 spiro atoms. The average molecular weight is 170 g/mol. The summed E-state index contributed by atoms with van der Waals surface area (Å²) in [5.74, 6) is 2.61. The Labute approximate surface area is 68.1 Å². The van der Waals surface area contributed by atoms with Crippen LogP contribution in [0.5, 0.6) is 0 Å². The Morgan fingerprint density at radius 2 is 2.70 bits per heavy atom. The summed E-state index contributed by atoms with van der Waals surface area (Å²) < 4.78 is 0.936. The van der Waals surface area contributed by atoms with E-state index in [9.17, 15) is 0 Å². The summed E-state index contributed by atoms with van der Waals surface area (Å²) in [6.07, 6.45) is 5.17. The quantitative estimate of drug-likeness (QED) is 0.498. The Balaban J connectivity index is 2.50. The molecule has 0 N–H and O–H groups in total. The Morgan fingerprint density at radius 3 is 3.20 bits per heavy atom. The summed E-state index contributed by atoms with van der Waals surface area (Å²) in [4.78, 5) is 0. The predicted molar refractivity (Wildman–Crippen MR) is 44.1 cm³/mol. The summed E-state index contributed by atoms with van der Waals surface area (Å²) >= 11 is 3.07. The van der Waals surface area contributed by atoms with Crippen LogP contribution in [0.25, 0.3) is 0 Å². The molecule has 0 bridgehead atoms. The van der Waals surface area contributed by atoms with Crippen LogP contribution in [0.3, 0.4) is 0 Å². The van der Waals surface area contributed by atoms with E-state index in [2.05, 4.69) is 16.1 Å². The van der Waals surface area contributed by atoms with Crippen molar-refractivity contribution in [1.29, 1.82) is 0 Å². The summed E-state index contributed by atoms with van der Waals surface area (Å²) in [5, 5.41) is 7.72. The molecule has 52 valence electrons. The molecular weight excluding hydrogens is 164 g/mol. The van der Waals surface area contributed by atoms with Crippen LogP contribution in [-0.4, -0.2) is 15.4 Å². The first kappa shape index (κ1) is 7.58. The van der Waals surface area contributed by atoms with Gasteiger partial charge in [-0.3, -0.25) is 0 Å². The maximum atomic E-state index is 5.17. The second-order valence-electron chi connectivity index (χ2n) is 1.63. The first-order valence-corrected chi connectivity index (χ1v) is 4.48. The van der Waals surface area contributed by atoms with Crippen LogP contribution in [0.15, 0.2) is 9.85 Å². The van der Waals surface area contributed by atoms with Crippen molar-refractivity contribution in [3.05, 3.63) is 5.51 Å². The first-order valence-electron chi connectivity index (χ1n) is 2.72. The van der Waals surface area contributed by atoms with Gasteiger partial charge in [-0.1, -0.05) is 29.0 Å². The molecule has 2 nitrogen and oxygen atoms in total. The molecule has 1 heterocycles. The Morgan fingerprint density at radius 1 is 1.90 bits per heavy atom. The molecule has 0 aliphatic rings. The molecule has 0 amide bonds.